The van der Waals surface area contributed by atoms with Crippen molar-refractivity contribution in [1.82, 2.24) is 29.1 Å². The Morgan fingerprint density at radius 3 is 1.37 bits per heavy atom. The summed E-state index contributed by atoms with van der Waals surface area (Å²) in [5.74, 6) is 3.02. The maximum atomic E-state index is 13.9. The zero-order valence-corrected chi connectivity index (χ0v) is 28.3. The summed E-state index contributed by atoms with van der Waals surface area (Å²) in [6.07, 6.45) is 5.80. The van der Waals surface area contributed by atoms with Crippen molar-refractivity contribution in [1.29, 1.82) is 0 Å². The van der Waals surface area contributed by atoms with Crippen molar-refractivity contribution in [3.8, 4) is 46.0 Å². The molecular weight excluding hydrogens is 683 g/mol. The third-order valence-electron chi connectivity index (χ3n) is 9.35. The van der Waals surface area contributed by atoms with Crippen molar-refractivity contribution in [2.75, 3.05) is 0 Å². The predicted molar refractivity (Wildman–Crippen MR) is 205 cm³/mol. The lowest BCUT2D eigenvalue weighted by atomic mass is 10.1. The highest BCUT2D eigenvalue weighted by Gasteiger charge is 2.17. The van der Waals surface area contributed by atoms with Crippen molar-refractivity contribution < 1.29 is 18.3 Å². The molecule has 258 valence electrons. The fourth-order valence-corrected chi connectivity index (χ4v) is 7.06. The molecule has 0 N–H and O–H groups in total. The lowest BCUT2D eigenvalue weighted by Gasteiger charge is -2.13. The molecule has 0 aliphatic heterocycles. The fourth-order valence-electron chi connectivity index (χ4n) is 7.06. The molecule has 8 nitrogen and oxygen atoms in total. The molecule has 0 unspecified atom stereocenters. The fraction of sp³-hybridized carbons (Fsp3) is 0. The van der Waals surface area contributed by atoms with E-state index in [1.807, 2.05) is 100 Å². The maximum absolute atomic E-state index is 13.9. The maximum Gasteiger partial charge on any atom is 0.159 e. The number of nitrogens with zero attached hydrogens (tertiary/aromatic N) is 6. The molecule has 0 bridgehead atoms. The summed E-state index contributed by atoms with van der Waals surface area (Å²) >= 11 is 0. The second kappa shape index (κ2) is 12.6. The molecule has 0 atom stereocenters. The Hall–Kier alpha value is -7.46. The van der Waals surface area contributed by atoms with Gasteiger partial charge in [0.15, 0.2) is 5.82 Å². The van der Waals surface area contributed by atoms with Gasteiger partial charge in [-0.05, 0) is 78.9 Å². The van der Waals surface area contributed by atoms with Gasteiger partial charge in [-0.25, -0.2) is 28.7 Å². The minimum absolute atomic E-state index is 0.406. The van der Waals surface area contributed by atoms with Crippen LogP contribution in [0.1, 0.15) is 0 Å². The van der Waals surface area contributed by atoms with E-state index in [1.165, 1.54) is 24.5 Å². The van der Waals surface area contributed by atoms with Crippen LogP contribution in [0, 0.1) is 11.6 Å². The highest BCUT2D eigenvalue weighted by molar-refractivity contribution is 6.10. The SMILES string of the molecule is Fc1ccc(-n2c3ccccc3c3ccc(Oc4cc(Oc5ccc6c7ccccc7n(-c7ccc(F)cn7)c6c5)cc(-c5ncccn5)c4)cc32)nc1. The van der Waals surface area contributed by atoms with E-state index >= 15 is 0 Å². The van der Waals surface area contributed by atoms with Crippen LogP contribution in [-0.2, 0) is 0 Å². The Labute approximate surface area is 306 Å². The second-order valence-corrected chi connectivity index (χ2v) is 12.7. The molecule has 10 rings (SSSR count). The molecule has 0 saturated heterocycles. The van der Waals surface area contributed by atoms with Gasteiger partial charge in [0.05, 0.1) is 34.5 Å². The van der Waals surface area contributed by atoms with Gasteiger partial charge in [0, 0.05) is 57.7 Å². The molecule has 0 spiro atoms. The molecule has 54 heavy (non-hydrogen) atoms. The van der Waals surface area contributed by atoms with Gasteiger partial charge in [0.2, 0.25) is 0 Å². The van der Waals surface area contributed by atoms with Gasteiger partial charge in [0.25, 0.3) is 0 Å². The average molecular weight is 709 g/mol. The zero-order chi connectivity index (χ0) is 36.2. The average Bonchev–Trinajstić information content (AvgIpc) is 3.71. The largest absolute Gasteiger partial charge is 0.457 e. The van der Waals surface area contributed by atoms with Crippen LogP contribution < -0.4 is 9.47 Å². The molecule has 0 aliphatic carbocycles. The summed E-state index contributed by atoms with van der Waals surface area (Å²) in [4.78, 5) is 17.7. The van der Waals surface area contributed by atoms with Gasteiger partial charge in [-0.2, -0.15) is 0 Å². The summed E-state index contributed by atoms with van der Waals surface area (Å²) in [5, 5.41) is 4.08. The topological polar surface area (TPSA) is 79.9 Å². The first-order valence-corrected chi connectivity index (χ1v) is 17.1. The zero-order valence-electron chi connectivity index (χ0n) is 28.3. The first-order chi connectivity index (χ1) is 26.6. The summed E-state index contributed by atoms with van der Waals surface area (Å²) in [6, 6.07) is 41.2. The molecule has 0 amide bonds. The Balaban J connectivity index is 1.07. The molecule has 0 saturated carbocycles. The summed E-state index contributed by atoms with van der Waals surface area (Å²) in [5.41, 5.74) is 4.28. The van der Waals surface area contributed by atoms with E-state index < -0.39 is 11.6 Å². The first-order valence-electron chi connectivity index (χ1n) is 17.1. The van der Waals surface area contributed by atoms with E-state index in [1.54, 1.807) is 30.6 Å². The van der Waals surface area contributed by atoms with E-state index in [2.05, 4.69) is 32.1 Å². The number of rotatable bonds is 7. The summed E-state index contributed by atoms with van der Waals surface area (Å²) < 4.78 is 44.9. The summed E-state index contributed by atoms with van der Waals surface area (Å²) in [7, 11) is 0. The smallest absolute Gasteiger partial charge is 0.159 e. The third kappa shape index (κ3) is 5.44. The van der Waals surface area contributed by atoms with Gasteiger partial charge >= 0.3 is 0 Å². The lowest BCUT2D eigenvalue weighted by molar-refractivity contribution is 0.461. The Morgan fingerprint density at radius 1 is 0.407 bits per heavy atom. The number of benzene rings is 5. The second-order valence-electron chi connectivity index (χ2n) is 12.7. The standard InChI is InChI=1S/C44H26F2N6O2/c45-28-10-16-42(49-25-28)51-38-8-3-1-6-34(38)36-14-12-30(23-40(36)51)53-32-20-27(44-47-18-5-19-48-44)21-33(22-32)54-31-13-15-37-35-7-2-4-9-39(35)52(41(37)24-31)43-17-11-29(46)26-50-43/h1-26H. The number of ether oxygens (including phenoxy) is 2. The number of halogens is 2. The van der Waals surface area contributed by atoms with E-state index in [4.69, 9.17) is 9.47 Å². The van der Waals surface area contributed by atoms with E-state index in [0.29, 0.717) is 46.0 Å². The lowest BCUT2D eigenvalue weighted by Crippen LogP contribution is -1.98. The molecule has 5 aromatic heterocycles. The Bertz CT molecular complexity index is 2830. The van der Waals surface area contributed by atoms with Gasteiger partial charge < -0.3 is 9.47 Å². The van der Waals surface area contributed by atoms with E-state index in [0.717, 1.165) is 43.6 Å². The third-order valence-corrected chi connectivity index (χ3v) is 9.35. The van der Waals surface area contributed by atoms with E-state index in [-0.39, 0.29) is 0 Å². The van der Waals surface area contributed by atoms with Crippen molar-refractivity contribution in [2.24, 2.45) is 0 Å². The Kier molecular flexibility index (Phi) is 7.32. The molecule has 0 radical (unpaired) electrons. The minimum atomic E-state index is -0.406. The molecule has 10 aromatic rings. The number of hydrogen-bond acceptors (Lipinski definition) is 6. The minimum Gasteiger partial charge on any atom is -0.457 e. The van der Waals surface area contributed by atoms with Crippen LogP contribution in [0.3, 0.4) is 0 Å². The van der Waals surface area contributed by atoms with Crippen LogP contribution in [-0.4, -0.2) is 29.1 Å². The van der Waals surface area contributed by atoms with Crippen LogP contribution in [0.4, 0.5) is 8.78 Å². The van der Waals surface area contributed by atoms with Crippen LogP contribution in [0.15, 0.2) is 158 Å². The number of para-hydroxylation sites is 2. The van der Waals surface area contributed by atoms with Crippen LogP contribution in [0.2, 0.25) is 0 Å². The van der Waals surface area contributed by atoms with Crippen molar-refractivity contribution in [3.63, 3.8) is 0 Å². The quantitative estimate of drug-likeness (QED) is 0.164. The molecule has 5 heterocycles. The van der Waals surface area contributed by atoms with Crippen molar-refractivity contribution in [2.45, 2.75) is 0 Å². The normalized spacial score (nSPS) is 11.5. The first kappa shape index (κ1) is 31.3. The van der Waals surface area contributed by atoms with Gasteiger partial charge in [-0.1, -0.05) is 36.4 Å². The van der Waals surface area contributed by atoms with Crippen LogP contribution >= 0.6 is 0 Å². The van der Waals surface area contributed by atoms with Crippen LogP contribution in [0.5, 0.6) is 23.0 Å². The van der Waals surface area contributed by atoms with E-state index in [9.17, 15) is 8.78 Å². The highest BCUT2D eigenvalue weighted by Crippen LogP contribution is 2.39. The number of aromatic nitrogens is 6. The number of fused-ring (bicyclic) bond motifs is 6. The number of hydrogen-bond donors (Lipinski definition) is 0. The van der Waals surface area contributed by atoms with Gasteiger partial charge in [0.1, 0.15) is 46.3 Å². The molecule has 10 heteroatoms. The molecule has 0 fully saturated rings. The monoisotopic (exact) mass is 708 g/mol. The number of pyridine rings is 2. The molecular formula is C44H26F2N6O2. The Morgan fingerprint density at radius 2 is 0.889 bits per heavy atom. The highest BCUT2D eigenvalue weighted by atomic mass is 19.1. The summed E-state index contributed by atoms with van der Waals surface area (Å²) in [6.45, 7) is 0. The van der Waals surface area contributed by atoms with Crippen LogP contribution in [0.25, 0.3) is 66.6 Å². The van der Waals surface area contributed by atoms with Crippen molar-refractivity contribution in [3.05, 3.63) is 170 Å². The van der Waals surface area contributed by atoms with Crippen molar-refractivity contribution >= 4 is 43.6 Å². The van der Waals surface area contributed by atoms with Gasteiger partial charge in [-0.15, -0.1) is 0 Å². The predicted octanol–water partition coefficient (Wildman–Crippen LogP) is 11.0. The molecule has 5 aromatic carbocycles. The van der Waals surface area contributed by atoms with Gasteiger partial charge in [-0.3, -0.25) is 9.13 Å². The molecule has 0 aliphatic rings.